The predicted molar refractivity (Wildman–Crippen MR) is 43.2 cm³/mol. The molecule has 0 heterocycles. The maximum absolute atomic E-state index is 13.2. The molecule has 0 amide bonds. The third-order valence-electron chi connectivity index (χ3n) is 1.82. The fourth-order valence-corrected chi connectivity index (χ4v) is 0.806. The Morgan fingerprint density at radius 3 is 1.48 bits per heavy atom. The van der Waals surface area contributed by atoms with E-state index in [1.807, 2.05) is 0 Å². The van der Waals surface area contributed by atoms with E-state index in [1.54, 1.807) is 0 Å². The summed E-state index contributed by atoms with van der Waals surface area (Å²) in [5.74, 6) is -12.8. The van der Waals surface area contributed by atoms with Crippen LogP contribution in [0.2, 0.25) is 0 Å². The highest BCUT2D eigenvalue weighted by molar-refractivity contribution is 5.02. The minimum atomic E-state index is -7.09. The quantitative estimate of drug-likeness (QED) is 0.611. The molecule has 0 radical (unpaired) electrons. The van der Waals surface area contributed by atoms with Gasteiger partial charge in [0.05, 0.1) is 6.61 Å². The van der Waals surface area contributed by atoms with Crippen LogP contribution in [0, 0.1) is 0 Å². The van der Waals surface area contributed by atoms with E-state index in [0.717, 1.165) is 0 Å². The molecule has 126 valence electrons. The Morgan fingerprint density at radius 1 is 0.762 bits per heavy atom. The van der Waals surface area contributed by atoms with Crippen LogP contribution < -0.4 is 0 Å². The summed E-state index contributed by atoms with van der Waals surface area (Å²) in [5.41, 5.74) is 0. The highest BCUT2D eigenvalue weighted by Crippen LogP contribution is 2.51. The summed E-state index contributed by atoms with van der Waals surface area (Å²) in [6.45, 7) is -1.35. The van der Waals surface area contributed by atoms with Crippen LogP contribution in [-0.2, 0) is 4.74 Å². The molecule has 0 bridgehead atoms. The van der Waals surface area contributed by atoms with Gasteiger partial charge in [-0.25, -0.2) is 0 Å². The van der Waals surface area contributed by atoms with Gasteiger partial charge < -0.3 is 5.11 Å². The van der Waals surface area contributed by atoms with E-state index in [-0.39, 0.29) is 6.08 Å². The maximum Gasteiger partial charge on any atom is 0.462 e. The normalized spacial score (nSPS) is 18.1. The van der Waals surface area contributed by atoms with Crippen LogP contribution >= 0.6 is 0 Å². The first-order valence-electron chi connectivity index (χ1n) is 4.58. The number of hydrogen-bond acceptors (Lipinski definition) is 2. The number of alkyl halides is 11. The van der Waals surface area contributed by atoms with Gasteiger partial charge in [0, 0.05) is 0 Å². The molecule has 0 aromatic carbocycles. The van der Waals surface area contributed by atoms with Crippen molar-refractivity contribution in [2.75, 3.05) is 6.61 Å². The topological polar surface area (TPSA) is 29.5 Å². The summed E-state index contributed by atoms with van der Waals surface area (Å²) in [6.07, 6.45) is -21.4. The van der Waals surface area contributed by atoms with E-state index < -0.39 is 42.9 Å². The van der Waals surface area contributed by atoms with Crippen molar-refractivity contribution in [2.45, 2.75) is 30.2 Å². The third-order valence-corrected chi connectivity index (χ3v) is 1.82. The number of aliphatic hydroxyl groups is 1. The van der Waals surface area contributed by atoms with E-state index in [9.17, 15) is 48.3 Å². The minimum absolute atomic E-state index is 0.171. The molecule has 0 unspecified atom stereocenters. The Hall–Kier alpha value is -1.11. The predicted octanol–water partition coefficient (Wildman–Crippen LogP) is 3.57. The molecule has 0 saturated heterocycles. The molecular formula is C8H5F11O2. The van der Waals surface area contributed by atoms with Crippen LogP contribution in [0.3, 0.4) is 0 Å². The molecule has 0 saturated carbocycles. The summed E-state index contributed by atoms with van der Waals surface area (Å²) < 4.78 is 137. The average Bonchev–Trinajstić information content (AvgIpc) is 2.22. The summed E-state index contributed by atoms with van der Waals surface area (Å²) >= 11 is 0. The van der Waals surface area contributed by atoms with Crippen molar-refractivity contribution < 1.29 is 58.1 Å². The molecule has 0 aromatic rings. The molecule has 0 spiro atoms. The van der Waals surface area contributed by atoms with Crippen molar-refractivity contribution in [3.63, 3.8) is 0 Å². The van der Waals surface area contributed by atoms with Crippen LogP contribution in [-0.4, -0.2) is 42.0 Å². The fourth-order valence-electron chi connectivity index (χ4n) is 0.806. The van der Waals surface area contributed by atoms with Crippen molar-refractivity contribution in [2.24, 2.45) is 0 Å². The molecule has 0 aliphatic heterocycles. The van der Waals surface area contributed by atoms with Gasteiger partial charge in [0.1, 0.15) is 0 Å². The van der Waals surface area contributed by atoms with Crippen molar-refractivity contribution >= 4 is 0 Å². The number of halogens is 11. The lowest BCUT2D eigenvalue weighted by Gasteiger charge is -2.33. The lowest BCUT2D eigenvalue weighted by molar-refractivity contribution is -0.473. The zero-order valence-corrected chi connectivity index (χ0v) is 9.37. The number of aliphatic hydroxyl groups excluding tert-OH is 1. The number of hydrogen-bond donors (Lipinski definition) is 1. The van der Waals surface area contributed by atoms with Gasteiger partial charge in [-0.05, 0) is 6.08 Å². The van der Waals surface area contributed by atoms with Gasteiger partial charge in [0.25, 0.3) is 0 Å². The molecule has 13 heteroatoms. The first kappa shape index (κ1) is 19.9. The van der Waals surface area contributed by atoms with Gasteiger partial charge in [-0.1, -0.05) is 6.08 Å². The molecule has 0 fully saturated rings. The van der Waals surface area contributed by atoms with E-state index >= 15 is 0 Å². The Balaban J connectivity index is 5.70. The highest BCUT2D eigenvalue weighted by atomic mass is 19.4. The molecule has 21 heavy (non-hydrogen) atoms. The SMILES string of the molecule is OC/C=C/[C@@](F)(OC(F)(F)C(F)(F)C(F)(F)F)C(F)(F)F. The van der Waals surface area contributed by atoms with Gasteiger partial charge in [0.2, 0.25) is 0 Å². The summed E-state index contributed by atoms with van der Waals surface area (Å²) in [5, 5.41) is 8.09. The van der Waals surface area contributed by atoms with Crippen LogP contribution in [0.4, 0.5) is 48.3 Å². The summed E-state index contributed by atoms with van der Waals surface area (Å²) in [4.78, 5) is 0. The number of rotatable bonds is 5. The molecule has 1 atom stereocenters. The third kappa shape index (κ3) is 3.96. The van der Waals surface area contributed by atoms with Crippen molar-refractivity contribution in [3.8, 4) is 0 Å². The second kappa shape index (κ2) is 5.59. The Morgan fingerprint density at radius 2 is 1.19 bits per heavy atom. The molecule has 2 nitrogen and oxygen atoms in total. The Bertz CT molecular complexity index is 383. The molecule has 0 aliphatic carbocycles. The highest BCUT2D eigenvalue weighted by Gasteiger charge is 2.77. The Kier molecular flexibility index (Phi) is 5.29. The van der Waals surface area contributed by atoms with Gasteiger partial charge >= 0.3 is 30.2 Å². The number of ether oxygens (including phenoxy) is 1. The summed E-state index contributed by atoms with van der Waals surface area (Å²) in [7, 11) is 0. The zero-order chi connectivity index (χ0) is 17.3. The first-order chi connectivity index (χ1) is 9.02. The van der Waals surface area contributed by atoms with Crippen LogP contribution in [0.25, 0.3) is 0 Å². The summed E-state index contributed by atoms with van der Waals surface area (Å²) in [6, 6.07) is 0. The molecule has 1 N–H and O–H groups in total. The second-order valence-electron chi connectivity index (χ2n) is 3.42. The van der Waals surface area contributed by atoms with E-state index in [1.165, 1.54) is 0 Å². The van der Waals surface area contributed by atoms with Crippen LogP contribution in [0.5, 0.6) is 0 Å². The molecule has 0 rings (SSSR count). The van der Waals surface area contributed by atoms with Crippen LogP contribution in [0.1, 0.15) is 0 Å². The maximum atomic E-state index is 13.2. The molecular weight excluding hydrogens is 337 g/mol. The van der Waals surface area contributed by atoms with Crippen molar-refractivity contribution in [1.82, 2.24) is 0 Å². The minimum Gasteiger partial charge on any atom is -0.392 e. The van der Waals surface area contributed by atoms with E-state index in [0.29, 0.717) is 0 Å². The molecule has 0 aromatic heterocycles. The smallest absolute Gasteiger partial charge is 0.392 e. The largest absolute Gasteiger partial charge is 0.462 e. The van der Waals surface area contributed by atoms with E-state index in [2.05, 4.69) is 4.74 Å². The monoisotopic (exact) mass is 342 g/mol. The first-order valence-corrected chi connectivity index (χ1v) is 4.58. The van der Waals surface area contributed by atoms with Gasteiger partial charge in [-0.3, -0.25) is 4.74 Å². The van der Waals surface area contributed by atoms with E-state index in [4.69, 9.17) is 5.11 Å². The lowest BCUT2D eigenvalue weighted by atomic mass is 10.2. The van der Waals surface area contributed by atoms with Crippen LogP contribution in [0.15, 0.2) is 12.2 Å². The van der Waals surface area contributed by atoms with Gasteiger partial charge in [-0.15, -0.1) is 0 Å². The van der Waals surface area contributed by atoms with Crippen molar-refractivity contribution in [1.29, 1.82) is 0 Å². The van der Waals surface area contributed by atoms with Crippen molar-refractivity contribution in [3.05, 3.63) is 12.2 Å². The fraction of sp³-hybridized carbons (Fsp3) is 0.750. The standard InChI is InChI=1S/C8H5F11O2/c9-4(2-1-3-20,6(12,13)14)21-8(18,19)5(10,11)7(15,16)17/h1-2,20H,3H2/b2-1+/t4-/m1/s1. The second-order valence-corrected chi connectivity index (χ2v) is 3.42. The van der Waals surface area contributed by atoms with Gasteiger partial charge in [-0.2, -0.15) is 48.3 Å². The van der Waals surface area contributed by atoms with Gasteiger partial charge in [0.15, 0.2) is 0 Å². The lowest BCUT2D eigenvalue weighted by Crippen LogP contribution is -2.58. The average molecular weight is 342 g/mol. The Labute approximate surface area is 108 Å². The zero-order valence-electron chi connectivity index (χ0n) is 9.37. The molecule has 0 aliphatic rings.